The van der Waals surface area contributed by atoms with Gasteiger partial charge in [0.15, 0.2) is 0 Å². The highest BCUT2D eigenvalue weighted by Crippen LogP contribution is 2.16. The van der Waals surface area contributed by atoms with Crippen molar-refractivity contribution in [1.82, 2.24) is 10.2 Å². The molecule has 0 aliphatic carbocycles. The molecule has 0 aromatic heterocycles. The van der Waals surface area contributed by atoms with Crippen LogP contribution in [0.3, 0.4) is 0 Å². The van der Waals surface area contributed by atoms with Crippen molar-refractivity contribution in [2.75, 3.05) is 38.0 Å². The van der Waals surface area contributed by atoms with Crippen molar-refractivity contribution in [2.24, 2.45) is 5.92 Å². The number of anilines is 1. The van der Waals surface area contributed by atoms with Crippen molar-refractivity contribution in [3.05, 3.63) is 29.8 Å². The summed E-state index contributed by atoms with van der Waals surface area (Å²) in [4.78, 5) is 14.3. The largest absolute Gasteiger partial charge is 0.325 e. The fourth-order valence-electron chi connectivity index (χ4n) is 2.74. The molecule has 116 valence electrons. The minimum atomic E-state index is 0.0870. The Kier molecular flexibility index (Phi) is 6.21. The van der Waals surface area contributed by atoms with Crippen LogP contribution in [0.4, 0.5) is 5.69 Å². The summed E-state index contributed by atoms with van der Waals surface area (Å²) in [7, 11) is 0. The molecule has 1 aliphatic rings. The number of carbonyl (C=O) groups is 1. The third-order valence-corrected chi connectivity index (χ3v) is 4.09. The number of amides is 1. The van der Waals surface area contributed by atoms with Gasteiger partial charge in [-0.05, 0) is 64.0 Å². The number of carbonyl (C=O) groups excluding carboxylic acids is 1. The zero-order valence-electron chi connectivity index (χ0n) is 13.2. The molecule has 0 atom stereocenters. The van der Waals surface area contributed by atoms with E-state index >= 15 is 0 Å². The van der Waals surface area contributed by atoms with E-state index in [2.05, 4.69) is 22.5 Å². The second-order valence-electron chi connectivity index (χ2n) is 5.94. The van der Waals surface area contributed by atoms with Gasteiger partial charge in [0.05, 0.1) is 6.54 Å². The molecule has 0 radical (unpaired) electrons. The molecule has 0 unspecified atom stereocenters. The number of nitrogens with one attached hydrogen (secondary N) is 2. The van der Waals surface area contributed by atoms with Gasteiger partial charge in [0.2, 0.25) is 5.91 Å². The maximum absolute atomic E-state index is 12.1. The maximum atomic E-state index is 12.1. The second-order valence-corrected chi connectivity index (χ2v) is 5.94. The number of hydrogen-bond acceptors (Lipinski definition) is 3. The molecule has 2 rings (SSSR count). The van der Waals surface area contributed by atoms with Crippen LogP contribution in [0.2, 0.25) is 0 Å². The topological polar surface area (TPSA) is 44.4 Å². The molecule has 0 saturated carbocycles. The van der Waals surface area contributed by atoms with Gasteiger partial charge in [-0.3, -0.25) is 9.69 Å². The van der Waals surface area contributed by atoms with Crippen molar-refractivity contribution in [3.8, 4) is 0 Å². The van der Waals surface area contributed by atoms with E-state index in [4.69, 9.17) is 0 Å². The molecule has 1 aromatic carbocycles. The molecular formula is C17H27N3O. The van der Waals surface area contributed by atoms with E-state index in [0.29, 0.717) is 6.54 Å². The van der Waals surface area contributed by atoms with Crippen LogP contribution in [0.25, 0.3) is 0 Å². The monoisotopic (exact) mass is 289 g/mol. The van der Waals surface area contributed by atoms with Gasteiger partial charge in [-0.1, -0.05) is 24.6 Å². The van der Waals surface area contributed by atoms with E-state index in [0.717, 1.165) is 37.8 Å². The number of rotatable bonds is 6. The van der Waals surface area contributed by atoms with E-state index < -0.39 is 0 Å². The minimum absolute atomic E-state index is 0.0870. The first-order valence-corrected chi connectivity index (χ1v) is 7.97. The number of likely N-dealkylation sites (tertiary alicyclic amines) is 1. The third-order valence-electron chi connectivity index (χ3n) is 4.09. The Balaban J connectivity index is 1.70. The molecule has 4 heteroatoms. The normalized spacial score (nSPS) is 16.9. The third kappa shape index (κ3) is 5.48. The Hall–Kier alpha value is -1.39. The van der Waals surface area contributed by atoms with Gasteiger partial charge in [0.25, 0.3) is 0 Å². The van der Waals surface area contributed by atoms with Gasteiger partial charge < -0.3 is 10.6 Å². The van der Waals surface area contributed by atoms with Crippen molar-refractivity contribution < 1.29 is 4.79 Å². The number of hydrogen-bond donors (Lipinski definition) is 2. The maximum Gasteiger partial charge on any atom is 0.238 e. The Morgan fingerprint density at radius 1 is 1.24 bits per heavy atom. The summed E-state index contributed by atoms with van der Waals surface area (Å²) in [6.07, 6.45) is 2.37. The molecule has 2 N–H and O–H groups in total. The van der Waals surface area contributed by atoms with Crippen molar-refractivity contribution in [1.29, 1.82) is 0 Å². The smallest absolute Gasteiger partial charge is 0.238 e. The molecule has 4 nitrogen and oxygen atoms in total. The Morgan fingerprint density at radius 3 is 2.52 bits per heavy atom. The summed E-state index contributed by atoms with van der Waals surface area (Å²) in [5, 5.41) is 6.38. The van der Waals surface area contributed by atoms with Gasteiger partial charge in [-0.25, -0.2) is 0 Å². The number of piperidine rings is 1. The average Bonchev–Trinajstić information content (AvgIpc) is 2.49. The highest BCUT2D eigenvalue weighted by molar-refractivity contribution is 5.92. The lowest BCUT2D eigenvalue weighted by atomic mass is 9.97. The van der Waals surface area contributed by atoms with E-state index in [-0.39, 0.29) is 5.91 Å². The first kappa shape index (κ1) is 16.0. The zero-order chi connectivity index (χ0) is 15.1. The molecule has 1 amide bonds. The molecule has 1 aromatic rings. The Bertz CT molecular complexity index is 436. The van der Waals surface area contributed by atoms with Crippen molar-refractivity contribution in [3.63, 3.8) is 0 Å². The average molecular weight is 289 g/mol. The molecule has 0 bridgehead atoms. The minimum Gasteiger partial charge on any atom is -0.325 e. The summed E-state index contributed by atoms with van der Waals surface area (Å²) < 4.78 is 0. The Labute approximate surface area is 127 Å². The van der Waals surface area contributed by atoms with Gasteiger partial charge in [0, 0.05) is 5.69 Å². The van der Waals surface area contributed by atoms with Crippen LogP contribution < -0.4 is 10.6 Å². The van der Waals surface area contributed by atoms with E-state index in [1.807, 2.05) is 31.2 Å². The number of aryl methyl sites for hydroxylation is 1. The van der Waals surface area contributed by atoms with Crippen LogP contribution in [0.5, 0.6) is 0 Å². The lowest BCUT2D eigenvalue weighted by Gasteiger charge is -2.31. The molecule has 1 heterocycles. The van der Waals surface area contributed by atoms with Crippen LogP contribution in [0.15, 0.2) is 24.3 Å². The van der Waals surface area contributed by atoms with Gasteiger partial charge in [-0.2, -0.15) is 0 Å². The van der Waals surface area contributed by atoms with Crippen LogP contribution in [-0.4, -0.2) is 43.5 Å². The van der Waals surface area contributed by atoms with Crippen molar-refractivity contribution >= 4 is 11.6 Å². The molecule has 1 aliphatic heterocycles. The lowest BCUT2D eigenvalue weighted by molar-refractivity contribution is -0.117. The number of nitrogens with zero attached hydrogens (tertiary/aromatic N) is 1. The summed E-state index contributed by atoms with van der Waals surface area (Å²) in [5.74, 6) is 0.852. The predicted octanol–water partition coefficient (Wildman–Crippen LogP) is 2.26. The van der Waals surface area contributed by atoms with Gasteiger partial charge in [0.1, 0.15) is 0 Å². The van der Waals surface area contributed by atoms with Crippen molar-refractivity contribution in [2.45, 2.75) is 26.7 Å². The van der Waals surface area contributed by atoms with Crippen LogP contribution in [0.1, 0.15) is 25.3 Å². The Morgan fingerprint density at radius 2 is 1.90 bits per heavy atom. The SMILES string of the molecule is CCNCC1CCN(CC(=O)Nc2ccc(C)cc2)CC1. The van der Waals surface area contributed by atoms with Gasteiger partial charge in [-0.15, -0.1) is 0 Å². The first-order chi connectivity index (χ1) is 10.2. The molecule has 21 heavy (non-hydrogen) atoms. The zero-order valence-corrected chi connectivity index (χ0v) is 13.2. The summed E-state index contributed by atoms with van der Waals surface area (Å²) in [6.45, 7) is 8.89. The predicted molar refractivity (Wildman–Crippen MR) is 87.5 cm³/mol. The second kappa shape index (κ2) is 8.15. The molecular weight excluding hydrogens is 262 g/mol. The first-order valence-electron chi connectivity index (χ1n) is 7.97. The number of benzene rings is 1. The van der Waals surface area contributed by atoms with E-state index in [1.54, 1.807) is 0 Å². The summed E-state index contributed by atoms with van der Waals surface area (Å²) in [5.41, 5.74) is 2.09. The van der Waals surface area contributed by atoms with E-state index in [9.17, 15) is 4.79 Å². The van der Waals surface area contributed by atoms with Crippen LogP contribution in [-0.2, 0) is 4.79 Å². The standard InChI is InChI=1S/C17H27N3O/c1-3-18-12-15-8-10-20(11-9-15)13-17(21)19-16-6-4-14(2)5-7-16/h4-7,15,18H,3,8-13H2,1-2H3,(H,19,21). The molecule has 0 spiro atoms. The summed E-state index contributed by atoms with van der Waals surface area (Å²) >= 11 is 0. The van der Waals surface area contributed by atoms with Crippen LogP contribution >= 0.6 is 0 Å². The fraction of sp³-hybridized carbons (Fsp3) is 0.588. The quantitative estimate of drug-likeness (QED) is 0.844. The fourth-order valence-corrected chi connectivity index (χ4v) is 2.74. The molecule has 1 saturated heterocycles. The lowest BCUT2D eigenvalue weighted by Crippen LogP contribution is -2.41. The summed E-state index contributed by atoms with van der Waals surface area (Å²) in [6, 6.07) is 7.94. The molecule has 1 fully saturated rings. The highest BCUT2D eigenvalue weighted by atomic mass is 16.2. The van der Waals surface area contributed by atoms with E-state index in [1.165, 1.54) is 18.4 Å². The van der Waals surface area contributed by atoms with Crippen LogP contribution in [0, 0.1) is 12.8 Å². The van der Waals surface area contributed by atoms with Gasteiger partial charge >= 0.3 is 0 Å². The highest BCUT2D eigenvalue weighted by Gasteiger charge is 2.20.